The molecule has 2 aromatic rings. The van der Waals surface area contributed by atoms with Crippen LogP contribution in [0.25, 0.3) is 0 Å². The van der Waals surface area contributed by atoms with E-state index in [1.165, 1.54) is 28.0 Å². The van der Waals surface area contributed by atoms with Gasteiger partial charge >= 0.3 is 18.1 Å². The van der Waals surface area contributed by atoms with E-state index in [4.69, 9.17) is 26.2 Å². The molecule has 0 bridgehead atoms. The topological polar surface area (TPSA) is 220 Å². The van der Waals surface area contributed by atoms with Gasteiger partial charge in [0.15, 0.2) is 5.96 Å². The Morgan fingerprint density at radius 1 is 1.13 bits per heavy atom. The van der Waals surface area contributed by atoms with E-state index in [0.29, 0.717) is 29.8 Å². The fourth-order valence-electron chi connectivity index (χ4n) is 3.91. The van der Waals surface area contributed by atoms with Gasteiger partial charge in [-0.3, -0.25) is 29.9 Å². The van der Waals surface area contributed by atoms with Crippen molar-refractivity contribution in [3.8, 4) is 11.8 Å². The maximum absolute atomic E-state index is 13.4. The molecule has 45 heavy (non-hydrogen) atoms. The lowest BCUT2D eigenvalue weighted by Crippen LogP contribution is -2.40. The average Bonchev–Trinajstić information content (AvgIpc) is 3.05. The van der Waals surface area contributed by atoms with Crippen LogP contribution in [0.2, 0.25) is 0 Å². The van der Waals surface area contributed by atoms with Crippen molar-refractivity contribution in [1.29, 1.82) is 5.41 Å². The highest BCUT2D eigenvalue weighted by Crippen LogP contribution is 2.29. The molecular weight excluding hydrogens is 605 g/mol. The quantitative estimate of drug-likeness (QED) is 0.0642. The summed E-state index contributed by atoms with van der Waals surface area (Å²) in [4.78, 5) is 59.9. The molecule has 2 amide bonds. The lowest BCUT2D eigenvalue weighted by Gasteiger charge is -2.23. The van der Waals surface area contributed by atoms with E-state index in [1.807, 2.05) is 0 Å². The Morgan fingerprint density at radius 3 is 2.42 bits per heavy atom. The number of carboxylic acids is 2. The third kappa shape index (κ3) is 11.5. The number of alkyl halides is 3. The molecular formula is C28H29F3N6O8. The molecule has 0 radical (unpaired) electrons. The molecule has 0 aliphatic carbocycles. The number of hydrogen-bond donors (Lipinski definition) is 5. The lowest BCUT2D eigenvalue weighted by atomic mass is 10.1. The van der Waals surface area contributed by atoms with E-state index in [2.05, 4.69) is 17.2 Å². The maximum Gasteiger partial charge on any atom is 0.490 e. The molecule has 1 aliphatic rings. The van der Waals surface area contributed by atoms with E-state index in [1.54, 1.807) is 24.3 Å². The van der Waals surface area contributed by atoms with Gasteiger partial charge in [0, 0.05) is 37.2 Å². The first-order valence-corrected chi connectivity index (χ1v) is 13.2. The van der Waals surface area contributed by atoms with Crippen molar-refractivity contribution in [2.75, 3.05) is 24.5 Å². The number of carbonyl (C=O) groups is 4. The number of carbonyl (C=O) groups excluding carboxylic acids is 2. The predicted molar refractivity (Wildman–Crippen MR) is 153 cm³/mol. The first kappa shape index (κ1) is 35.5. The second-order valence-corrected chi connectivity index (χ2v) is 9.41. The number of fused-ring (bicyclic) bond motifs is 1. The monoisotopic (exact) mass is 634 g/mol. The molecule has 0 aromatic heterocycles. The van der Waals surface area contributed by atoms with Gasteiger partial charge in [-0.15, -0.1) is 0 Å². The summed E-state index contributed by atoms with van der Waals surface area (Å²) >= 11 is 0. The highest BCUT2D eigenvalue weighted by atomic mass is 19.4. The number of benzene rings is 2. The standard InChI is InChI=1S/C26H28N6O6.C2HF3O2/c27-26(28)29-12-4-2-1-3-6-18-9-10-22-21(15-18)25(36)30(13-11-24(34)35)17-23(33)31(22)16-19-7-5-8-20(14-19)32(37)38;3-2(4,5)1(6)7/h5,7-10,14-15H,1-2,4,11-13,16-17H2,(H,34,35)(H4,27,28,29);(H,6,7). The summed E-state index contributed by atoms with van der Waals surface area (Å²) in [6.45, 7) is 0.0943. The van der Waals surface area contributed by atoms with E-state index in [0.717, 1.165) is 12.8 Å². The van der Waals surface area contributed by atoms with Gasteiger partial charge in [0.2, 0.25) is 5.91 Å². The Labute approximate surface area is 254 Å². The van der Waals surface area contributed by atoms with E-state index >= 15 is 0 Å². The van der Waals surface area contributed by atoms with Crippen LogP contribution in [0, 0.1) is 27.4 Å². The van der Waals surface area contributed by atoms with Crippen LogP contribution in [0.3, 0.4) is 0 Å². The summed E-state index contributed by atoms with van der Waals surface area (Å²) in [5.41, 5.74) is 6.71. The molecule has 2 aromatic carbocycles. The molecule has 6 N–H and O–H groups in total. The van der Waals surface area contributed by atoms with Crippen molar-refractivity contribution < 1.29 is 47.5 Å². The summed E-state index contributed by atoms with van der Waals surface area (Å²) in [5.74, 6) is 1.20. The van der Waals surface area contributed by atoms with Gasteiger partial charge in [-0.2, -0.15) is 13.2 Å². The Morgan fingerprint density at radius 2 is 1.82 bits per heavy atom. The molecule has 0 fully saturated rings. The molecule has 1 aliphatic heterocycles. The number of non-ortho nitro benzene ring substituents is 1. The first-order valence-electron chi connectivity index (χ1n) is 13.2. The number of anilines is 1. The van der Waals surface area contributed by atoms with Crippen molar-refractivity contribution in [1.82, 2.24) is 10.2 Å². The number of nitrogens with two attached hydrogens (primary N) is 1. The summed E-state index contributed by atoms with van der Waals surface area (Å²) in [7, 11) is 0. The van der Waals surface area contributed by atoms with Gasteiger partial charge < -0.3 is 31.1 Å². The Balaban J connectivity index is 0.000000900. The number of carboxylic acid groups (broad SMARTS) is 2. The molecule has 3 rings (SSSR count). The Hall–Kier alpha value is -5.66. The van der Waals surface area contributed by atoms with Crippen molar-refractivity contribution in [2.45, 2.75) is 38.4 Å². The van der Waals surface area contributed by atoms with Gasteiger partial charge in [0.25, 0.3) is 11.6 Å². The van der Waals surface area contributed by atoms with Crippen molar-refractivity contribution in [3.63, 3.8) is 0 Å². The number of nitrogens with zero attached hydrogens (tertiary/aromatic N) is 3. The molecule has 240 valence electrons. The van der Waals surface area contributed by atoms with E-state index in [9.17, 15) is 37.7 Å². The van der Waals surface area contributed by atoms with Crippen molar-refractivity contribution in [2.24, 2.45) is 5.73 Å². The second kappa shape index (κ2) is 16.3. The highest BCUT2D eigenvalue weighted by Gasteiger charge is 2.38. The summed E-state index contributed by atoms with van der Waals surface area (Å²) in [6, 6.07) is 10.8. The number of rotatable bonds is 10. The summed E-state index contributed by atoms with van der Waals surface area (Å²) in [6.07, 6.45) is -3.25. The molecule has 0 saturated carbocycles. The molecule has 0 atom stereocenters. The first-order chi connectivity index (χ1) is 21.1. The number of aliphatic carboxylic acids is 2. The molecule has 17 heteroatoms. The second-order valence-electron chi connectivity index (χ2n) is 9.41. The van der Waals surface area contributed by atoms with Gasteiger partial charge in [-0.1, -0.05) is 24.0 Å². The minimum absolute atomic E-state index is 0.00706. The van der Waals surface area contributed by atoms with Gasteiger partial charge in [-0.25, -0.2) is 4.79 Å². The third-order valence-electron chi connectivity index (χ3n) is 6.01. The number of nitro benzene ring substituents is 1. The van der Waals surface area contributed by atoms with E-state index in [-0.39, 0.29) is 43.3 Å². The van der Waals surface area contributed by atoms with Crippen LogP contribution < -0.4 is 16.0 Å². The number of nitro groups is 1. The smallest absolute Gasteiger partial charge is 0.481 e. The van der Waals surface area contributed by atoms with Crippen LogP contribution in [-0.2, 0) is 20.9 Å². The fraction of sp³-hybridized carbons (Fsp3) is 0.321. The van der Waals surface area contributed by atoms with Gasteiger partial charge in [0.1, 0.15) is 6.54 Å². The number of halogens is 3. The molecule has 0 saturated heterocycles. The third-order valence-corrected chi connectivity index (χ3v) is 6.01. The molecule has 1 heterocycles. The fourth-order valence-corrected chi connectivity index (χ4v) is 3.91. The van der Waals surface area contributed by atoms with Gasteiger partial charge in [-0.05, 0) is 36.6 Å². The molecule has 14 nitrogen and oxygen atoms in total. The summed E-state index contributed by atoms with van der Waals surface area (Å²) in [5, 5.41) is 37.3. The van der Waals surface area contributed by atoms with Crippen LogP contribution in [0.1, 0.15) is 47.2 Å². The Kier molecular flexibility index (Phi) is 12.8. The van der Waals surface area contributed by atoms with Gasteiger partial charge in [0.05, 0.1) is 29.1 Å². The number of nitrogens with one attached hydrogen (secondary N) is 2. The Bertz CT molecular complexity index is 1520. The number of guanidine groups is 1. The predicted octanol–water partition coefficient (Wildman–Crippen LogP) is 2.70. The zero-order valence-corrected chi connectivity index (χ0v) is 23.6. The minimum Gasteiger partial charge on any atom is -0.481 e. The maximum atomic E-state index is 13.4. The van der Waals surface area contributed by atoms with Crippen LogP contribution >= 0.6 is 0 Å². The largest absolute Gasteiger partial charge is 0.490 e. The normalized spacial score (nSPS) is 12.5. The molecule has 0 unspecified atom stereocenters. The van der Waals surface area contributed by atoms with Crippen molar-refractivity contribution >= 4 is 41.1 Å². The lowest BCUT2D eigenvalue weighted by molar-refractivity contribution is -0.384. The average molecular weight is 635 g/mol. The van der Waals surface area contributed by atoms with E-state index < -0.39 is 34.9 Å². The number of unbranched alkanes of at least 4 members (excludes halogenated alkanes) is 2. The van der Waals surface area contributed by atoms with Crippen LogP contribution in [0.4, 0.5) is 24.5 Å². The highest BCUT2D eigenvalue weighted by molar-refractivity contribution is 6.09. The number of hydrogen-bond acceptors (Lipinski definition) is 7. The minimum atomic E-state index is -5.08. The SMILES string of the molecule is N=C(N)NCCCCC#Cc1ccc2c(c1)C(=O)N(CCC(=O)O)CC(=O)N2Cc1cccc([N+](=O)[O-])c1.O=C(O)C(F)(F)F. The number of amides is 2. The van der Waals surface area contributed by atoms with Crippen LogP contribution in [0.5, 0.6) is 0 Å². The zero-order valence-electron chi connectivity index (χ0n) is 23.6. The summed E-state index contributed by atoms with van der Waals surface area (Å²) < 4.78 is 31.7. The van der Waals surface area contributed by atoms with Crippen molar-refractivity contribution in [3.05, 3.63) is 69.3 Å². The zero-order chi connectivity index (χ0) is 33.7. The van der Waals surface area contributed by atoms with Crippen LogP contribution in [0.15, 0.2) is 42.5 Å². The molecule has 0 spiro atoms. The van der Waals surface area contributed by atoms with Crippen LogP contribution in [-0.4, -0.2) is 75.6 Å².